The number of fused-ring (bicyclic) bond motifs is 1. The quantitative estimate of drug-likeness (QED) is 0.743. The van der Waals surface area contributed by atoms with Crippen molar-refractivity contribution in [3.05, 3.63) is 48.8 Å². The molecule has 0 saturated heterocycles. The van der Waals surface area contributed by atoms with Crippen LogP contribution in [0, 0.1) is 0 Å². The highest BCUT2D eigenvalue weighted by molar-refractivity contribution is 5.88. The molecule has 0 atom stereocenters. The number of aromatic nitrogens is 3. The summed E-state index contributed by atoms with van der Waals surface area (Å²) < 4.78 is 0. The molecule has 0 unspecified atom stereocenters. The number of rotatable bonds is 2. The van der Waals surface area contributed by atoms with Gasteiger partial charge in [0.25, 0.3) is 0 Å². The molecule has 0 spiro atoms. The molecule has 18 heavy (non-hydrogen) atoms. The maximum absolute atomic E-state index is 4.17. The van der Waals surface area contributed by atoms with Gasteiger partial charge in [-0.15, -0.1) is 10.2 Å². The van der Waals surface area contributed by atoms with Crippen LogP contribution in [-0.2, 0) is 0 Å². The number of nitrogens with one attached hydrogen (secondary N) is 1. The fourth-order valence-electron chi connectivity index (χ4n) is 1.99. The zero-order valence-electron chi connectivity index (χ0n) is 9.96. The number of benzene rings is 2. The molecule has 3 rings (SSSR count). The van der Waals surface area contributed by atoms with Crippen LogP contribution in [0.2, 0.25) is 0 Å². The molecule has 1 N–H and O–H groups in total. The Morgan fingerprint density at radius 2 is 1.83 bits per heavy atom. The maximum Gasteiger partial charge on any atom is 0.156 e. The zero-order valence-corrected chi connectivity index (χ0v) is 9.96. The van der Waals surface area contributed by atoms with Crippen LogP contribution in [-0.4, -0.2) is 22.2 Å². The Morgan fingerprint density at radius 1 is 1.00 bits per heavy atom. The first kappa shape index (κ1) is 10.7. The Hall–Kier alpha value is -2.49. The predicted octanol–water partition coefficient (Wildman–Crippen LogP) is 2.73. The van der Waals surface area contributed by atoms with Crippen molar-refractivity contribution in [3.8, 4) is 11.3 Å². The van der Waals surface area contributed by atoms with Crippen LogP contribution in [0.1, 0.15) is 0 Å². The lowest BCUT2D eigenvalue weighted by atomic mass is 10.1. The summed E-state index contributed by atoms with van der Waals surface area (Å²) in [6, 6.07) is 14.5. The van der Waals surface area contributed by atoms with Gasteiger partial charge >= 0.3 is 0 Å². The number of nitrogens with zero attached hydrogens (tertiary/aromatic N) is 3. The van der Waals surface area contributed by atoms with E-state index in [-0.39, 0.29) is 0 Å². The summed E-state index contributed by atoms with van der Waals surface area (Å²) in [5.41, 5.74) is 1.78. The second-order valence-electron chi connectivity index (χ2n) is 3.97. The van der Waals surface area contributed by atoms with E-state index in [2.05, 4.69) is 44.8 Å². The standard InChI is InChI=1S/C14H12N4/c1-15-14-13(18-17-9-16-14)12-7-6-10-4-2-3-5-11(10)8-12/h2-9H,1H3,(H,15,16,17). The van der Waals surface area contributed by atoms with Crippen molar-refractivity contribution in [1.82, 2.24) is 15.2 Å². The molecule has 0 amide bonds. The highest BCUT2D eigenvalue weighted by atomic mass is 15.2. The van der Waals surface area contributed by atoms with Crippen LogP contribution < -0.4 is 5.32 Å². The smallest absolute Gasteiger partial charge is 0.156 e. The van der Waals surface area contributed by atoms with Crippen LogP contribution in [0.4, 0.5) is 5.82 Å². The van der Waals surface area contributed by atoms with E-state index in [9.17, 15) is 0 Å². The fourth-order valence-corrected chi connectivity index (χ4v) is 1.99. The first-order chi connectivity index (χ1) is 8.88. The van der Waals surface area contributed by atoms with E-state index < -0.39 is 0 Å². The summed E-state index contributed by atoms with van der Waals surface area (Å²) in [6.45, 7) is 0. The second kappa shape index (κ2) is 4.41. The highest BCUT2D eigenvalue weighted by Crippen LogP contribution is 2.26. The van der Waals surface area contributed by atoms with E-state index in [0.29, 0.717) is 0 Å². The average Bonchev–Trinajstić information content (AvgIpc) is 2.46. The Bertz CT molecular complexity index is 694. The van der Waals surface area contributed by atoms with Crippen molar-refractivity contribution in [2.24, 2.45) is 0 Å². The van der Waals surface area contributed by atoms with Gasteiger partial charge in [-0.25, -0.2) is 4.98 Å². The summed E-state index contributed by atoms with van der Waals surface area (Å²) in [5.74, 6) is 0.736. The van der Waals surface area contributed by atoms with Gasteiger partial charge in [-0.05, 0) is 16.8 Å². The van der Waals surface area contributed by atoms with Gasteiger partial charge in [-0.1, -0.05) is 36.4 Å². The molecular formula is C14H12N4. The molecule has 0 fully saturated rings. The van der Waals surface area contributed by atoms with Crippen LogP contribution in [0.5, 0.6) is 0 Å². The van der Waals surface area contributed by atoms with Gasteiger partial charge in [0, 0.05) is 12.6 Å². The second-order valence-corrected chi connectivity index (χ2v) is 3.97. The molecule has 1 heterocycles. The third-order valence-electron chi connectivity index (χ3n) is 2.88. The molecule has 0 bridgehead atoms. The van der Waals surface area contributed by atoms with Crippen LogP contribution in [0.3, 0.4) is 0 Å². The van der Waals surface area contributed by atoms with Gasteiger partial charge in [-0.2, -0.15) is 0 Å². The first-order valence-corrected chi connectivity index (χ1v) is 5.73. The van der Waals surface area contributed by atoms with Crippen molar-refractivity contribution in [2.75, 3.05) is 12.4 Å². The Kier molecular flexibility index (Phi) is 2.61. The van der Waals surface area contributed by atoms with E-state index in [0.717, 1.165) is 17.1 Å². The minimum absolute atomic E-state index is 0.736. The zero-order chi connectivity index (χ0) is 12.4. The molecule has 4 nitrogen and oxygen atoms in total. The summed E-state index contributed by atoms with van der Waals surface area (Å²) in [7, 11) is 1.83. The van der Waals surface area contributed by atoms with Gasteiger partial charge in [0.1, 0.15) is 12.0 Å². The SMILES string of the molecule is CNc1ncnnc1-c1ccc2ccccc2c1. The molecule has 88 valence electrons. The monoisotopic (exact) mass is 236 g/mol. The number of anilines is 1. The third-order valence-corrected chi connectivity index (χ3v) is 2.88. The summed E-state index contributed by atoms with van der Waals surface area (Å²) in [5, 5.41) is 13.4. The largest absolute Gasteiger partial charge is 0.371 e. The van der Waals surface area contributed by atoms with E-state index >= 15 is 0 Å². The lowest BCUT2D eigenvalue weighted by Gasteiger charge is -2.06. The molecule has 0 aliphatic carbocycles. The topological polar surface area (TPSA) is 50.7 Å². The van der Waals surface area contributed by atoms with E-state index in [1.807, 2.05) is 25.2 Å². The van der Waals surface area contributed by atoms with Crippen molar-refractivity contribution in [3.63, 3.8) is 0 Å². The molecule has 0 saturated carbocycles. The Morgan fingerprint density at radius 3 is 2.67 bits per heavy atom. The van der Waals surface area contributed by atoms with Crippen molar-refractivity contribution < 1.29 is 0 Å². The fraction of sp³-hybridized carbons (Fsp3) is 0.0714. The lowest BCUT2D eigenvalue weighted by Crippen LogP contribution is -1.99. The van der Waals surface area contributed by atoms with Crippen LogP contribution >= 0.6 is 0 Å². The molecule has 3 aromatic rings. The minimum atomic E-state index is 0.736. The third kappa shape index (κ3) is 1.78. The van der Waals surface area contributed by atoms with E-state index in [1.54, 1.807) is 0 Å². The molecular weight excluding hydrogens is 224 g/mol. The molecule has 0 aliphatic rings. The molecule has 0 aliphatic heterocycles. The normalized spacial score (nSPS) is 10.5. The van der Waals surface area contributed by atoms with Gasteiger partial charge in [0.05, 0.1) is 0 Å². The van der Waals surface area contributed by atoms with Gasteiger partial charge in [-0.3, -0.25) is 0 Å². The molecule has 2 aromatic carbocycles. The van der Waals surface area contributed by atoms with Crippen molar-refractivity contribution >= 4 is 16.6 Å². The van der Waals surface area contributed by atoms with Gasteiger partial charge in [0.2, 0.25) is 0 Å². The Balaban J connectivity index is 2.19. The molecule has 1 aromatic heterocycles. The van der Waals surface area contributed by atoms with Crippen molar-refractivity contribution in [1.29, 1.82) is 0 Å². The molecule has 4 heteroatoms. The minimum Gasteiger partial charge on any atom is -0.371 e. The predicted molar refractivity (Wildman–Crippen MR) is 72.3 cm³/mol. The van der Waals surface area contributed by atoms with Crippen LogP contribution in [0.25, 0.3) is 22.0 Å². The van der Waals surface area contributed by atoms with Gasteiger partial charge in [0.15, 0.2) is 5.82 Å². The van der Waals surface area contributed by atoms with Crippen molar-refractivity contribution in [2.45, 2.75) is 0 Å². The Labute approximate surface area is 105 Å². The number of hydrogen-bond acceptors (Lipinski definition) is 4. The molecule has 0 radical (unpaired) electrons. The summed E-state index contributed by atoms with van der Waals surface area (Å²) in [4.78, 5) is 4.17. The maximum atomic E-state index is 4.17. The summed E-state index contributed by atoms with van der Waals surface area (Å²) >= 11 is 0. The van der Waals surface area contributed by atoms with Gasteiger partial charge < -0.3 is 5.32 Å². The average molecular weight is 236 g/mol. The van der Waals surface area contributed by atoms with E-state index in [4.69, 9.17) is 0 Å². The number of hydrogen-bond donors (Lipinski definition) is 1. The van der Waals surface area contributed by atoms with Crippen LogP contribution in [0.15, 0.2) is 48.8 Å². The lowest BCUT2D eigenvalue weighted by molar-refractivity contribution is 0.978. The summed E-state index contributed by atoms with van der Waals surface area (Å²) in [6.07, 6.45) is 1.44. The highest BCUT2D eigenvalue weighted by Gasteiger charge is 2.07. The van der Waals surface area contributed by atoms with E-state index in [1.165, 1.54) is 17.1 Å². The first-order valence-electron chi connectivity index (χ1n) is 5.73.